The van der Waals surface area contributed by atoms with E-state index in [1.165, 1.54) is 77.0 Å². The smallest absolute Gasteiger partial charge is 0.0843 e. The van der Waals surface area contributed by atoms with Gasteiger partial charge in [-0.25, -0.2) is 0 Å². The van der Waals surface area contributed by atoms with Gasteiger partial charge in [-0.05, 0) is 18.9 Å². The highest BCUT2D eigenvalue weighted by Crippen LogP contribution is 2.14. The fourth-order valence-electron chi connectivity index (χ4n) is 2.86. The van der Waals surface area contributed by atoms with Gasteiger partial charge in [0.25, 0.3) is 0 Å². The lowest BCUT2D eigenvalue weighted by Crippen LogP contribution is -2.18. The van der Waals surface area contributed by atoms with Gasteiger partial charge >= 0.3 is 0 Å². The fourth-order valence-corrected chi connectivity index (χ4v) is 2.86. The first-order chi connectivity index (χ1) is 10.7. The third kappa shape index (κ3) is 17.9. The third-order valence-corrected chi connectivity index (χ3v) is 4.35. The second-order valence-corrected chi connectivity index (χ2v) is 7.13. The van der Waals surface area contributed by atoms with Crippen LogP contribution in [0.3, 0.4) is 0 Å². The molecule has 0 aliphatic rings. The van der Waals surface area contributed by atoms with Crippen molar-refractivity contribution in [2.24, 2.45) is 5.92 Å². The first kappa shape index (κ1) is 21.9. The highest BCUT2D eigenvalue weighted by atomic mass is 16.5. The molecule has 22 heavy (non-hydrogen) atoms. The third-order valence-electron chi connectivity index (χ3n) is 4.35. The number of aliphatic hydroxyl groups excluding tert-OH is 1. The van der Waals surface area contributed by atoms with Crippen LogP contribution in [-0.4, -0.2) is 23.4 Å². The molecule has 0 aromatic carbocycles. The van der Waals surface area contributed by atoms with Crippen molar-refractivity contribution in [3.63, 3.8) is 0 Å². The molecular formula is C19H40NO2-. The fraction of sp³-hybridized carbons (Fsp3) is 1.00. The van der Waals surface area contributed by atoms with Gasteiger partial charge in [0.15, 0.2) is 0 Å². The zero-order valence-electron chi connectivity index (χ0n) is 15.2. The number of hydroxylamine groups is 2. The highest BCUT2D eigenvalue weighted by molar-refractivity contribution is 4.53. The molecule has 0 atom stereocenters. The Morgan fingerprint density at radius 3 is 1.41 bits per heavy atom. The maximum absolute atomic E-state index is 10.8. The van der Waals surface area contributed by atoms with Crippen molar-refractivity contribution in [1.29, 1.82) is 0 Å². The second kappa shape index (κ2) is 17.2. The zero-order valence-corrected chi connectivity index (χ0v) is 15.2. The maximum Gasteiger partial charge on any atom is 0.0843 e. The van der Waals surface area contributed by atoms with Gasteiger partial charge in [-0.15, -0.1) is 0 Å². The summed E-state index contributed by atoms with van der Waals surface area (Å²) in [5.74, 6) is 0.869. The van der Waals surface area contributed by atoms with E-state index in [1.807, 2.05) is 0 Å². The number of rotatable bonds is 17. The Kier molecular flexibility index (Phi) is 17.1. The van der Waals surface area contributed by atoms with Gasteiger partial charge in [-0.1, -0.05) is 97.3 Å². The summed E-state index contributed by atoms with van der Waals surface area (Å²) in [5.41, 5.74) is 0. The molecule has 0 aromatic rings. The predicted molar refractivity (Wildman–Crippen MR) is 96.6 cm³/mol. The molecule has 0 rings (SSSR count). The Labute approximate surface area is 139 Å². The van der Waals surface area contributed by atoms with E-state index in [0.717, 1.165) is 23.8 Å². The van der Waals surface area contributed by atoms with Gasteiger partial charge < -0.3 is 15.4 Å². The average molecular weight is 315 g/mol. The van der Waals surface area contributed by atoms with Crippen molar-refractivity contribution in [3.05, 3.63) is 5.21 Å². The first-order valence-electron chi connectivity index (χ1n) is 9.69. The molecule has 0 radical (unpaired) electrons. The summed E-state index contributed by atoms with van der Waals surface area (Å²) >= 11 is 0. The highest BCUT2D eigenvalue weighted by Gasteiger charge is 1.96. The number of nitrogens with zero attached hydrogens (tertiary/aromatic N) is 1. The molecule has 0 aliphatic heterocycles. The van der Waals surface area contributed by atoms with Crippen LogP contribution in [0, 0.1) is 11.1 Å². The van der Waals surface area contributed by atoms with Crippen molar-refractivity contribution >= 4 is 0 Å². The van der Waals surface area contributed by atoms with Crippen LogP contribution in [0.5, 0.6) is 0 Å². The largest absolute Gasteiger partial charge is 0.784 e. The zero-order chi connectivity index (χ0) is 16.5. The topological polar surface area (TPSA) is 46.5 Å². The number of hydrogen-bond acceptors (Lipinski definition) is 3. The minimum atomic E-state index is -0.363. The summed E-state index contributed by atoms with van der Waals surface area (Å²) in [5, 5.41) is 20.1. The summed E-state index contributed by atoms with van der Waals surface area (Å²) in [6.45, 7) is 4.74. The van der Waals surface area contributed by atoms with Crippen LogP contribution in [0.15, 0.2) is 0 Å². The van der Waals surface area contributed by atoms with E-state index in [4.69, 9.17) is 5.11 Å². The normalized spacial score (nSPS) is 11.7. The molecule has 3 nitrogen and oxygen atoms in total. The second-order valence-electron chi connectivity index (χ2n) is 7.13. The van der Waals surface area contributed by atoms with Gasteiger partial charge in [-0.3, -0.25) is 0 Å². The van der Waals surface area contributed by atoms with E-state index in [2.05, 4.69) is 13.8 Å². The molecule has 0 heterocycles. The van der Waals surface area contributed by atoms with Crippen LogP contribution in [0.25, 0.3) is 0 Å². The van der Waals surface area contributed by atoms with Crippen molar-refractivity contribution in [2.75, 3.05) is 13.3 Å². The van der Waals surface area contributed by atoms with Crippen LogP contribution in [0.2, 0.25) is 0 Å². The van der Waals surface area contributed by atoms with E-state index in [9.17, 15) is 5.21 Å². The number of unbranched alkanes of at least 4 members (excludes halogenated alkanes) is 12. The number of aliphatic hydroxyl groups is 1. The summed E-state index contributed by atoms with van der Waals surface area (Å²) in [4.78, 5) is 0. The van der Waals surface area contributed by atoms with Crippen molar-refractivity contribution in [3.8, 4) is 0 Å². The Hall–Kier alpha value is -0.120. The van der Waals surface area contributed by atoms with Crippen LogP contribution in [0.1, 0.15) is 104 Å². The minimum absolute atomic E-state index is 0.363. The van der Waals surface area contributed by atoms with Crippen molar-refractivity contribution in [1.82, 2.24) is 5.06 Å². The van der Waals surface area contributed by atoms with Crippen LogP contribution in [-0.2, 0) is 0 Å². The molecule has 3 heteroatoms. The molecule has 0 bridgehead atoms. The van der Waals surface area contributed by atoms with Crippen LogP contribution >= 0.6 is 0 Å². The SMILES string of the molecule is CC(C)CCCCCCCCCCCCCCCN([O-])CO. The molecule has 0 saturated heterocycles. The molecule has 0 unspecified atom stereocenters. The maximum atomic E-state index is 10.8. The van der Waals surface area contributed by atoms with Gasteiger partial charge in [-0.2, -0.15) is 0 Å². The van der Waals surface area contributed by atoms with E-state index >= 15 is 0 Å². The van der Waals surface area contributed by atoms with Crippen molar-refractivity contribution in [2.45, 2.75) is 104 Å². The molecular weight excluding hydrogens is 274 g/mol. The Bertz CT molecular complexity index is 210. The molecule has 0 spiro atoms. The van der Waals surface area contributed by atoms with Gasteiger partial charge in [0.05, 0.1) is 6.73 Å². The molecule has 0 saturated carbocycles. The van der Waals surface area contributed by atoms with Gasteiger partial charge in [0.2, 0.25) is 0 Å². The molecule has 0 amide bonds. The van der Waals surface area contributed by atoms with E-state index < -0.39 is 0 Å². The summed E-state index contributed by atoms with van der Waals surface area (Å²) in [6, 6.07) is 0. The first-order valence-corrected chi connectivity index (χ1v) is 9.69. The summed E-state index contributed by atoms with van der Waals surface area (Å²) in [6.07, 6.45) is 18.6. The van der Waals surface area contributed by atoms with Crippen LogP contribution < -0.4 is 0 Å². The lowest BCUT2D eigenvalue weighted by molar-refractivity contribution is 0.150. The quantitative estimate of drug-likeness (QED) is 0.208. The van der Waals surface area contributed by atoms with Crippen LogP contribution in [0.4, 0.5) is 0 Å². The van der Waals surface area contributed by atoms with Crippen molar-refractivity contribution < 1.29 is 5.11 Å². The summed E-state index contributed by atoms with van der Waals surface area (Å²) in [7, 11) is 0. The van der Waals surface area contributed by atoms with Gasteiger partial charge in [0, 0.05) is 0 Å². The number of hydrogen-bond donors (Lipinski definition) is 1. The Balaban J connectivity index is 3.00. The molecule has 0 aliphatic carbocycles. The molecule has 0 aromatic heterocycles. The lowest BCUT2D eigenvalue weighted by atomic mass is 10.0. The minimum Gasteiger partial charge on any atom is -0.784 e. The molecule has 134 valence electrons. The standard InChI is InChI=1S/C19H40NO2/c1-19(2)16-14-12-10-8-6-4-3-5-7-9-11-13-15-17-20(22)18-21/h19,21H,3-18H2,1-2H3/q-1. The predicted octanol–water partition coefficient (Wildman–Crippen LogP) is 5.85. The van der Waals surface area contributed by atoms with E-state index in [-0.39, 0.29) is 6.73 Å². The molecule has 1 N–H and O–H groups in total. The Morgan fingerprint density at radius 2 is 1.05 bits per heavy atom. The van der Waals surface area contributed by atoms with E-state index in [0.29, 0.717) is 6.54 Å². The Morgan fingerprint density at radius 1 is 0.682 bits per heavy atom. The van der Waals surface area contributed by atoms with E-state index in [1.54, 1.807) is 0 Å². The monoisotopic (exact) mass is 314 g/mol. The lowest BCUT2D eigenvalue weighted by Gasteiger charge is -2.24. The van der Waals surface area contributed by atoms with Gasteiger partial charge in [0.1, 0.15) is 0 Å². The molecule has 0 fully saturated rings. The summed E-state index contributed by atoms with van der Waals surface area (Å²) < 4.78 is 0. The average Bonchev–Trinajstić information content (AvgIpc) is 2.50.